The number of fused-ring (bicyclic) bond motifs is 1. The maximum atomic E-state index is 12.4. The first-order chi connectivity index (χ1) is 13.7. The number of hydrogen-bond acceptors (Lipinski definition) is 5. The van der Waals surface area contributed by atoms with Gasteiger partial charge in [-0.15, -0.1) is 11.3 Å². The molecule has 28 heavy (non-hydrogen) atoms. The van der Waals surface area contributed by atoms with Crippen molar-refractivity contribution in [1.29, 1.82) is 0 Å². The Hall–Kier alpha value is -2.44. The van der Waals surface area contributed by atoms with Gasteiger partial charge in [-0.3, -0.25) is 9.69 Å². The first-order valence-corrected chi connectivity index (χ1v) is 10.6. The molecule has 0 atom stereocenters. The number of piperidine rings is 1. The average Bonchev–Trinajstić information content (AvgIpc) is 3.14. The lowest BCUT2D eigenvalue weighted by Crippen LogP contribution is -2.38. The molecule has 0 aliphatic carbocycles. The molecule has 0 spiro atoms. The van der Waals surface area contributed by atoms with E-state index in [4.69, 9.17) is 9.72 Å². The fourth-order valence-corrected chi connectivity index (χ4v) is 4.74. The van der Waals surface area contributed by atoms with Crippen LogP contribution in [0.1, 0.15) is 30.7 Å². The Labute approximate surface area is 169 Å². The van der Waals surface area contributed by atoms with E-state index in [9.17, 15) is 4.79 Å². The van der Waals surface area contributed by atoms with Gasteiger partial charge in [-0.25, -0.2) is 4.98 Å². The topological polar surface area (TPSA) is 54.5 Å². The number of para-hydroxylation sites is 1. The first-order valence-electron chi connectivity index (χ1n) is 9.82. The number of amides is 1. The summed E-state index contributed by atoms with van der Waals surface area (Å²) in [5.41, 5.74) is 1.90. The predicted octanol–water partition coefficient (Wildman–Crippen LogP) is 4.51. The smallest absolute Gasteiger partial charge is 0.238 e. The summed E-state index contributed by atoms with van der Waals surface area (Å²) in [6.45, 7) is 4.88. The van der Waals surface area contributed by atoms with Crippen LogP contribution in [0.3, 0.4) is 0 Å². The normalized spacial score (nSPS) is 15.6. The summed E-state index contributed by atoms with van der Waals surface area (Å²) in [6, 6.07) is 15.8. The highest BCUT2D eigenvalue weighted by Crippen LogP contribution is 2.33. The van der Waals surface area contributed by atoms with Crippen LogP contribution in [0.15, 0.2) is 48.5 Å². The molecule has 1 amide bonds. The molecule has 0 bridgehead atoms. The van der Waals surface area contributed by atoms with Crippen LogP contribution in [0, 0.1) is 0 Å². The standard InChI is InChI=1S/C22H25N3O2S/c1-2-27-18-9-7-17(8-10-18)23-21(26)15-25-13-11-16(12-14-25)22-24-19-5-3-4-6-20(19)28-22/h3-10,16H,2,11-15H2,1H3,(H,23,26). The van der Waals surface area contributed by atoms with Crippen molar-refractivity contribution in [1.82, 2.24) is 9.88 Å². The van der Waals surface area contributed by atoms with E-state index in [1.807, 2.05) is 37.3 Å². The van der Waals surface area contributed by atoms with Gasteiger partial charge in [0, 0.05) is 11.6 Å². The van der Waals surface area contributed by atoms with E-state index < -0.39 is 0 Å². The van der Waals surface area contributed by atoms with Crippen LogP contribution < -0.4 is 10.1 Å². The lowest BCUT2D eigenvalue weighted by Gasteiger charge is -2.30. The van der Waals surface area contributed by atoms with Gasteiger partial charge in [-0.2, -0.15) is 0 Å². The van der Waals surface area contributed by atoms with Crippen LogP contribution >= 0.6 is 11.3 Å². The van der Waals surface area contributed by atoms with Gasteiger partial charge in [0.2, 0.25) is 5.91 Å². The summed E-state index contributed by atoms with van der Waals surface area (Å²) >= 11 is 1.81. The highest BCUT2D eigenvalue weighted by Gasteiger charge is 2.24. The van der Waals surface area contributed by atoms with Crippen molar-refractivity contribution in [3.05, 3.63) is 53.5 Å². The Kier molecular flexibility index (Phi) is 5.88. The average molecular weight is 396 g/mol. The highest BCUT2D eigenvalue weighted by molar-refractivity contribution is 7.18. The minimum Gasteiger partial charge on any atom is -0.494 e. The number of likely N-dealkylation sites (tertiary alicyclic amines) is 1. The Morgan fingerprint density at radius 2 is 1.93 bits per heavy atom. The number of thiazole rings is 1. The van der Waals surface area contributed by atoms with Crippen LogP contribution in [0.2, 0.25) is 0 Å². The number of ether oxygens (including phenoxy) is 1. The number of benzene rings is 2. The first kappa shape index (κ1) is 18.9. The molecule has 1 aromatic heterocycles. The van der Waals surface area contributed by atoms with E-state index in [0.29, 0.717) is 19.1 Å². The zero-order valence-electron chi connectivity index (χ0n) is 16.1. The van der Waals surface area contributed by atoms with Gasteiger partial charge in [0.1, 0.15) is 5.75 Å². The Morgan fingerprint density at radius 1 is 1.18 bits per heavy atom. The van der Waals surface area contributed by atoms with Crippen LogP contribution in [-0.4, -0.2) is 42.0 Å². The number of carbonyl (C=O) groups is 1. The summed E-state index contributed by atoms with van der Waals surface area (Å²) in [5.74, 6) is 1.35. The molecule has 1 N–H and O–H groups in total. The predicted molar refractivity (Wildman–Crippen MR) is 114 cm³/mol. The van der Waals surface area contributed by atoms with Crippen LogP contribution in [0.4, 0.5) is 5.69 Å². The molecule has 0 saturated carbocycles. The molecule has 1 saturated heterocycles. The van der Waals surface area contributed by atoms with Crippen LogP contribution in [0.5, 0.6) is 5.75 Å². The van der Waals surface area contributed by atoms with Gasteiger partial charge >= 0.3 is 0 Å². The fourth-order valence-electron chi connectivity index (χ4n) is 3.61. The Balaban J connectivity index is 1.27. The second kappa shape index (κ2) is 8.71. The van der Waals surface area contributed by atoms with Gasteiger partial charge in [0.15, 0.2) is 0 Å². The van der Waals surface area contributed by atoms with Gasteiger partial charge in [-0.1, -0.05) is 12.1 Å². The van der Waals surface area contributed by atoms with Crippen molar-refractivity contribution in [2.45, 2.75) is 25.7 Å². The zero-order valence-corrected chi connectivity index (χ0v) is 16.9. The second-order valence-electron chi connectivity index (χ2n) is 7.08. The van der Waals surface area contributed by atoms with Gasteiger partial charge in [0.05, 0.1) is 28.4 Å². The third kappa shape index (κ3) is 4.51. The lowest BCUT2D eigenvalue weighted by atomic mass is 9.97. The van der Waals surface area contributed by atoms with E-state index in [1.54, 1.807) is 11.3 Å². The van der Waals surface area contributed by atoms with E-state index >= 15 is 0 Å². The van der Waals surface area contributed by atoms with Crippen LogP contribution in [-0.2, 0) is 4.79 Å². The van der Waals surface area contributed by atoms with Crippen molar-refractivity contribution >= 4 is 33.1 Å². The van der Waals surface area contributed by atoms with E-state index in [0.717, 1.165) is 42.9 Å². The molecule has 146 valence electrons. The Morgan fingerprint density at radius 3 is 2.64 bits per heavy atom. The maximum Gasteiger partial charge on any atom is 0.238 e. The SMILES string of the molecule is CCOc1ccc(NC(=O)CN2CCC(c3nc4ccccc4s3)CC2)cc1. The number of nitrogens with one attached hydrogen (secondary N) is 1. The monoisotopic (exact) mass is 395 g/mol. The van der Waals surface area contributed by atoms with E-state index in [1.165, 1.54) is 9.71 Å². The summed E-state index contributed by atoms with van der Waals surface area (Å²) in [6.07, 6.45) is 2.10. The van der Waals surface area contributed by atoms with Crippen molar-refractivity contribution in [2.75, 3.05) is 31.6 Å². The molecule has 5 nitrogen and oxygen atoms in total. The molecule has 6 heteroatoms. The molecule has 0 unspecified atom stereocenters. The van der Waals surface area contributed by atoms with Crippen molar-refractivity contribution < 1.29 is 9.53 Å². The van der Waals surface area contributed by atoms with Gasteiger partial charge in [0.25, 0.3) is 0 Å². The summed E-state index contributed by atoms with van der Waals surface area (Å²) in [4.78, 5) is 19.4. The molecule has 2 heterocycles. The third-order valence-electron chi connectivity index (χ3n) is 5.06. The van der Waals surface area contributed by atoms with Crippen LogP contribution in [0.25, 0.3) is 10.2 Å². The number of aromatic nitrogens is 1. The summed E-state index contributed by atoms with van der Waals surface area (Å²) in [5, 5.41) is 4.21. The minimum atomic E-state index is 0.0302. The molecule has 1 fully saturated rings. The molecular formula is C22H25N3O2S. The maximum absolute atomic E-state index is 12.4. The third-order valence-corrected chi connectivity index (χ3v) is 6.26. The summed E-state index contributed by atoms with van der Waals surface area (Å²) < 4.78 is 6.69. The number of carbonyl (C=O) groups excluding carboxylic acids is 1. The molecular weight excluding hydrogens is 370 g/mol. The molecule has 1 aliphatic rings. The quantitative estimate of drug-likeness (QED) is 0.667. The second-order valence-corrected chi connectivity index (χ2v) is 8.14. The lowest BCUT2D eigenvalue weighted by molar-refractivity contribution is -0.117. The van der Waals surface area contributed by atoms with Crippen molar-refractivity contribution in [3.8, 4) is 5.75 Å². The number of nitrogens with zero attached hydrogens (tertiary/aromatic N) is 2. The van der Waals surface area contributed by atoms with Gasteiger partial charge in [-0.05, 0) is 69.3 Å². The summed E-state index contributed by atoms with van der Waals surface area (Å²) in [7, 11) is 0. The number of rotatable bonds is 6. The van der Waals surface area contributed by atoms with E-state index in [2.05, 4.69) is 28.4 Å². The molecule has 0 radical (unpaired) electrons. The highest BCUT2D eigenvalue weighted by atomic mass is 32.1. The minimum absolute atomic E-state index is 0.0302. The van der Waals surface area contributed by atoms with Crippen molar-refractivity contribution in [3.63, 3.8) is 0 Å². The molecule has 1 aliphatic heterocycles. The zero-order chi connectivity index (χ0) is 19.3. The Bertz CT molecular complexity index is 897. The molecule has 3 aromatic rings. The van der Waals surface area contributed by atoms with E-state index in [-0.39, 0.29) is 5.91 Å². The number of hydrogen-bond donors (Lipinski definition) is 1. The fraction of sp³-hybridized carbons (Fsp3) is 0.364. The largest absolute Gasteiger partial charge is 0.494 e. The number of anilines is 1. The van der Waals surface area contributed by atoms with Crippen molar-refractivity contribution in [2.24, 2.45) is 0 Å². The van der Waals surface area contributed by atoms with Gasteiger partial charge < -0.3 is 10.1 Å². The molecule has 2 aromatic carbocycles. The molecule has 4 rings (SSSR count).